The van der Waals surface area contributed by atoms with Crippen LogP contribution >= 0.6 is 0 Å². The lowest BCUT2D eigenvalue weighted by Crippen LogP contribution is -2.51. The maximum Gasteiger partial charge on any atom is 0.0708 e. The third-order valence-corrected chi connectivity index (χ3v) is 2.23. The molecule has 0 saturated carbocycles. The van der Waals surface area contributed by atoms with Crippen LogP contribution in [0, 0.1) is 0 Å². The van der Waals surface area contributed by atoms with Gasteiger partial charge in [-0.1, -0.05) is 0 Å². The van der Waals surface area contributed by atoms with E-state index in [4.69, 9.17) is 5.73 Å². The number of hydrogen-bond acceptors (Lipinski definition) is 2. The summed E-state index contributed by atoms with van der Waals surface area (Å²) in [6.07, 6.45) is 2.76. The molecule has 0 bridgehead atoms. The second kappa shape index (κ2) is 3.29. The van der Waals surface area contributed by atoms with Crippen LogP contribution < -0.4 is 5.73 Å². The van der Waals surface area contributed by atoms with Crippen molar-refractivity contribution in [2.75, 3.05) is 14.1 Å². The van der Waals surface area contributed by atoms with Crippen LogP contribution in [0.25, 0.3) is 0 Å². The normalized spacial score (nSPS) is 16.4. The number of nitrogens with two attached hydrogens (primary N) is 1. The highest BCUT2D eigenvalue weighted by atomic mass is 15.2. The molecule has 0 aliphatic rings. The third kappa shape index (κ3) is 2.09. The monoisotopic (exact) mass is 167 g/mol. The van der Waals surface area contributed by atoms with E-state index in [0.29, 0.717) is 0 Å². The molecule has 0 aliphatic carbocycles. The van der Waals surface area contributed by atoms with Gasteiger partial charge < -0.3 is 10.7 Å². The van der Waals surface area contributed by atoms with Crippen molar-refractivity contribution in [3.8, 4) is 0 Å². The molecule has 0 spiro atoms. The van der Waals surface area contributed by atoms with Gasteiger partial charge in [0.1, 0.15) is 0 Å². The number of nitrogens with one attached hydrogen (secondary N) is 1. The fourth-order valence-corrected chi connectivity index (χ4v) is 1.02. The predicted octanol–water partition coefficient (Wildman–Crippen LogP) is 0.794. The highest BCUT2D eigenvalue weighted by Gasteiger charge is 2.21. The minimum atomic E-state index is -0.273. The first-order valence-electron chi connectivity index (χ1n) is 4.11. The van der Waals surface area contributed by atoms with Crippen LogP contribution in [0.3, 0.4) is 0 Å². The summed E-state index contributed by atoms with van der Waals surface area (Å²) in [6.45, 7) is 2.02. The molecule has 1 unspecified atom stereocenters. The Hall–Kier alpha value is -0.800. The zero-order valence-electron chi connectivity index (χ0n) is 7.96. The number of likely N-dealkylation sites (N-methyl/N-ethyl adjacent to an activating group) is 1. The summed E-state index contributed by atoms with van der Waals surface area (Å²) in [7, 11) is 3.98. The summed E-state index contributed by atoms with van der Waals surface area (Å²) in [5, 5.41) is 0. The van der Waals surface area contributed by atoms with Gasteiger partial charge in [-0.25, -0.2) is 0 Å². The second-order valence-corrected chi connectivity index (χ2v) is 3.62. The molecular weight excluding hydrogens is 150 g/mol. The average Bonchev–Trinajstić information content (AvgIpc) is 2.38. The largest absolute Gasteiger partial charge is 0.365 e. The van der Waals surface area contributed by atoms with Gasteiger partial charge in [0.25, 0.3) is 0 Å². The standard InChI is InChI=1S/C9H17N3/c1-9(10,12(2)3)7-8-5-4-6-11-8/h4-6,11H,7,10H2,1-3H3. The summed E-state index contributed by atoms with van der Waals surface area (Å²) in [4.78, 5) is 5.16. The Morgan fingerprint density at radius 2 is 2.25 bits per heavy atom. The molecule has 68 valence electrons. The van der Waals surface area contributed by atoms with E-state index in [1.807, 2.05) is 38.2 Å². The summed E-state index contributed by atoms with van der Waals surface area (Å²) in [5.41, 5.74) is 6.96. The first-order chi connectivity index (χ1) is 5.52. The number of nitrogens with zero attached hydrogens (tertiary/aromatic N) is 1. The molecule has 3 N–H and O–H groups in total. The molecule has 1 aromatic heterocycles. The molecule has 0 amide bonds. The van der Waals surface area contributed by atoms with Crippen molar-refractivity contribution in [2.24, 2.45) is 5.73 Å². The topological polar surface area (TPSA) is 45.0 Å². The molecule has 0 fully saturated rings. The second-order valence-electron chi connectivity index (χ2n) is 3.62. The van der Waals surface area contributed by atoms with Crippen LogP contribution in [0.15, 0.2) is 18.3 Å². The molecule has 12 heavy (non-hydrogen) atoms. The first kappa shape index (κ1) is 9.29. The van der Waals surface area contributed by atoms with Gasteiger partial charge in [-0.2, -0.15) is 0 Å². The number of H-pyrrole nitrogens is 1. The third-order valence-electron chi connectivity index (χ3n) is 2.23. The van der Waals surface area contributed by atoms with E-state index < -0.39 is 0 Å². The van der Waals surface area contributed by atoms with Gasteiger partial charge in [0.2, 0.25) is 0 Å². The van der Waals surface area contributed by atoms with E-state index in [1.54, 1.807) is 0 Å². The van der Waals surface area contributed by atoms with E-state index in [0.717, 1.165) is 6.42 Å². The fraction of sp³-hybridized carbons (Fsp3) is 0.556. The average molecular weight is 167 g/mol. The van der Waals surface area contributed by atoms with Gasteiger partial charge in [0, 0.05) is 18.3 Å². The zero-order chi connectivity index (χ0) is 9.19. The first-order valence-corrected chi connectivity index (χ1v) is 4.11. The summed E-state index contributed by atoms with van der Waals surface area (Å²) >= 11 is 0. The molecule has 0 saturated heterocycles. The lowest BCUT2D eigenvalue weighted by atomic mass is 10.1. The summed E-state index contributed by atoms with van der Waals surface area (Å²) < 4.78 is 0. The fourth-order valence-electron chi connectivity index (χ4n) is 1.02. The molecule has 1 rings (SSSR count). The number of aromatic amines is 1. The Labute approximate surface area is 73.6 Å². The van der Waals surface area contributed by atoms with Crippen LogP contribution in [0.1, 0.15) is 12.6 Å². The minimum Gasteiger partial charge on any atom is -0.365 e. The van der Waals surface area contributed by atoms with Gasteiger partial charge >= 0.3 is 0 Å². The predicted molar refractivity (Wildman–Crippen MR) is 50.8 cm³/mol. The Morgan fingerprint density at radius 3 is 2.67 bits per heavy atom. The van der Waals surface area contributed by atoms with E-state index in [9.17, 15) is 0 Å². The molecule has 1 heterocycles. The summed E-state index contributed by atoms with van der Waals surface area (Å²) in [5.74, 6) is 0. The Balaban J connectivity index is 2.62. The number of aromatic nitrogens is 1. The highest BCUT2D eigenvalue weighted by Crippen LogP contribution is 2.10. The Kier molecular flexibility index (Phi) is 2.55. The number of hydrogen-bond donors (Lipinski definition) is 2. The van der Waals surface area contributed by atoms with Crippen molar-refractivity contribution < 1.29 is 0 Å². The van der Waals surface area contributed by atoms with Crippen molar-refractivity contribution >= 4 is 0 Å². The molecule has 1 aromatic rings. The van der Waals surface area contributed by atoms with E-state index in [2.05, 4.69) is 11.1 Å². The van der Waals surface area contributed by atoms with Crippen LogP contribution in [-0.4, -0.2) is 29.6 Å². The van der Waals surface area contributed by atoms with Gasteiger partial charge in [-0.15, -0.1) is 0 Å². The van der Waals surface area contributed by atoms with Crippen molar-refractivity contribution in [2.45, 2.75) is 19.0 Å². The van der Waals surface area contributed by atoms with E-state index in [-0.39, 0.29) is 5.66 Å². The molecule has 0 radical (unpaired) electrons. The van der Waals surface area contributed by atoms with Crippen LogP contribution in [0.2, 0.25) is 0 Å². The molecule has 3 nitrogen and oxygen atoms in total. The quantitative estimate of drug-likeness (QED) is 0.654. The highest BCUT2D eigenvalue weighted by molar-refractivity contribution is 5.07. The minimum absolute atomic E-state index is 0.273. The lowest BCUT2D eigenvalue weighted by Gasteiger charge is -2.31. The molecule has 0 aliphatic heterocycles. The van der Waals surface area contributed by atoms with Gasteiger partial charge in [-0.05, 0) is 33.2 Å². The van der Waals surface area contributed by atoms with Gasteiger partial charge in [0.05, 0.1) is 5.66 Å². The van der Waals surface area contributed by atoms with Gasteiger partial charge in [0.15, 0.2) is 0 Å². The van der Waals surface area contributed by atoms with Gasteiger partial charge in [-0.3, -0.25) is 4.90 Å². The smallest absolute Gasteiger partial charge is 0.0708 e. The van der Waals surface area contributed by atoms with Crippen molar-refractivity contribution in [3.05, 3.63) is 24.0 Å². The zero-order valence-corrected chi connectivity index (χ0v) is 7.96. The molecule has 0 aromatic carbocycles. The molecule has 1 atom stereocenters. The Bertz CT molecular complexity index is 224. The summed E-state index contributed by atoms with van der Waals surface area (Å²) in [6, 6.07) is 4.04. The maximum atomic E-state index is 6.06. The van der Waals surface area contributed by atoms with Crippen molar-refractivity contribution in [1.29, 1.82) is 0 Å². The maximum absolute atomic E-state index is 6.06. The lowest BCUT2D eigenvalue weighted by molar-refractivity contribution is 0.179. The van der Waals surface area contributed by atoms with E-state index in [1.165, 1.54) is 5.69 Å². The van der Waals surface area contributed by atoms with Crippen LogP contribution in [-0.2, 0) is 6.42 Å². The van der Waals surface area contributed by atoms with Crippen molar-refractivity contribution in [1.82, 2.24) is 9.88 Å². The van der Waals surface area contributed by atoms with E-state index >= 15 is 0 Å². The van der Waals surface area contributed by atoms with Crippen LogP contribution in [0.5, 0.6) is 0 Å². The Morgan fingerprint density at radius 1 is 1.58 bits per heavy atom. The number of rotatable bonds is 3. The molecule has 3 heteroatoms. The molecular formula is C9H17N3. The van der Waals surface area contributed by atoms with Crippen LogP contribution in [0.4, 0.5) is 0 Å². The SMILES string of the molecule is CN(C)C(C)(N)Cc1ccc[nH]1. The van der Waals surface area contributed by atoms with Crippen molar-refractivity contribution in [3.63, 3.8) is 0 Å².